The van der Waals surface area contributed by atoms with Gasteiger partial charge in [-0.2, -0.15) is 8.78 Å². The first kappa shape index (κ1) is 10.5. The number of hydrogen-bond donors (Lipinski definition) is 1. The number of hydrogen-bond acceptors (Lipinski definition) is 2. The van der Waals surface area contributed by atoms with E-state index in [4.69, 9.17) is 0 Å². The van der Waals surface area contributed by atoms with Crippen molar-refractivity contribution in [3.8, 4) is 0 Å². The van der Waals surface area contributed by atoms with E-state index >= 15 is 0 Å². The summed E-state index contributed by atoms with van der Waals surface area (Å²) in [6.07, 6.45) is 0. The van der Waals surface area contributed by atoms with E-state index in [1.807, 2.05) is 13.1 Å². The van der Waals surface area contributed by atoms with E-state index in [0.717, 1.165) is 5.56 Å². The summed E-state index contributed by atoms with van der Waals surface area (Å²) < 4.78 is 24.0. The van der Waals surface area contributed by atoms with Gasteiger partial charge in [-0.1, -0.05) is 23.9 Å². The third-order valence-electron chi connectivity index (χ3n) is 1.50. The van der Waals surface area contributed by atoms with Gasteiger partial charge in [0.1, 0.15) is 0 Å². The average Bonchev–Trinajstić information content (AvgIpc) is 2.04. The lowest BCUT2D eigenvalue weighted by Gasteiger charge is -2.03. The summed E-state index contributed by atoms with van der Waals surface area (Å²) in [4.78, 5) is 0.614. The second-order valence-corrected chi connectivity index (χ2v) is 3.62. The molecule has 0 radical (unpaired) electrons. The Morgan fingerprint density at radius 3 is 2.85 bits per heavy atom. The Labute approximate surface area is 80.5 Å². The van der Waals surface area contributed by atoms with Crippen molar-refractivity contribution in [1.82, 2.24) is 5.32 Å². The van der Waals surface area contributed by atoms with Crippen LogP contribution in [0.3, 0.4) is 0 Å². The first-order valence-corrected chi connectivity index (χ1v) is 4.78. The van der Waals surface area contributed by atoms with Crippen LogP contribution in [0, 0.1) is 0 Å². The second-order valence-electron chi connectivity index (χ2n) is 2.56. The van der Waals surface area contributed by atoms with Gasteiger partial charge in [-0.05, 0) is 24.7 Å². The summed E-state index contributed by atoms with van der Waals surface area (Å²) in [5.74, 6) is -2.34. The molecule has 0 unspecified atom stereocenters. The van der Waals surface area contributed by atoms with Crippen molar-refractivity contribution < 1.29 is 8.78 Å². The Morgan fingerprint density at radius 2 is 2.23 bits per heavy atom. The summed E-state index contributed by atoms with van der Waals surface area (Å²) in [6.45, 7) is 0.706. The van der Waals surface area contributed by atoms with Crippen molar-refractivity contribution in [2.45, 2.75) is 17.2 Å². The summed E-state index contributed by atoms with van der Waals surface area (Å²) >= 11 is 0.577. The Balaban J connectivity index is 2.67. The van der Waals surface area contributed by atoms with Crippen molar-refractivity contribution in [3.63, 3.8) is 0 Å². The number of nitrogens with one attached hydrogen (secondary N) is 1. The number of alkyl halides is 2. The number of halogens is 2. The molecule has 1 N–H and O–H groups in total. The summed E-state index contributed by atoms with van der Waals surface area (Å²) in [6, 6.07) is 7.16. The molecule has 0 fully saturated rings. The van der Waals surface area contributed by atoms with Gasteiger partial charge in [0.2, 0.25) is 0 Å². The Hall–Kier alpha value is -0.610. The molecule has 1 aromatic rings. The minimum atomic E-state index is -2.34. The van der Waals surface area contributed by atoms with Gasteiger partial charge in [0.05, 0.1) is 0 Å². The van der Waals surface area contributed by atoms with Crippen molar-refractivity contribution in [2.75, 3.05) is 7.05 Å². The highest BCUT2D eigenvalue weighted by atomic mass is 32.2. The van der Waals surface area contributed by atoms with Crippen molar-refractivity contribution in [1.29, 1.82) is 0 Å². The largest absolute Gasteiger partial charge is 0.316 e. The van der Waals surface area contributed by atoms with Gasteiger partial charge in [-0.15, -0.1) is 0 Å². The van der Waals surface area contributed by atoms with Crippen LogP contribution in [0.4, 0.5) is 8.78 Å². The highest BCUT2D eigenvalue weighted by molar-refractivity contribution is 7.99. The summed E-state index contributed by atoms with van der Waals surface area (Å²) in [5, 5.41) is 2.97. The lowest BCUT2D eigenvalue weighted by atomic mass is 10.2. The van der Waals surface area contributed by atoms with Crippen LogP contribution in [0.25, 0.3) is 0 Å². The quantitative estimate of drug-likeness (QED) is 0.755. The van der Waals surface area contributed by atoms with E-state index in [9.17, 15) is 8.78 Å². The average molecular weight is 203 g/mol. The lowest BCUT2D eigenvalue weighted by Crippen LogP contribution is -2.04. The van der Waals surface area contributed by atoms with Gasteiger partial charge in [0.15, 0.2) is 0 Å². The highest BCUT2D eigenvalue weighted by Crippen LogP contribution is 2.25. The van der Waals surface area contributed by atoms with Crippen LogP contribution in [-0.4, -0.2) is 12.8 Å². The maximum absolute atomic E-state index is 12.0. The number of benzene rings is 1. The van der Waals surface area contributed by atoms with E-state index in [0.29, 0.717) is 23.2 Å². The van der Waals surface area contributed by atoms with Gasteiger partial charge >= 0.3 is 0 Å². The molecule has 1 nitrogen and oxygen atoms in total. The predicted octanol–water partition coefficient (Wildman–Crippen LogP) is 2.72. The molecule has 0 bridgehead atoms. The summed E-state index contributed by atoms with van der Waals surface area (Å²) in [5.41, 5.74) is 1.02. The first-order chi connectivity index (χ1) is 6.22. The number of rotatable bonds is 4. The van der Waals surface area contributed by atoms with Crippen LogP contribution >= 0.6 is 11.8 Å². The lowest BCUT2D eigenvalue weighted by molar-refractivity contribution is 0.252. The van der Waals surface area contributed by atoms with E-state index in [1.165, 1.54) is 0 Å². The predicted molar refractivity (Wildman–Crippen MR) is 51.1 cm³/mol. The topological polar surface area (TPSA) is 12.0 Å². The fourth-order valence-electron chi connectivity index (χ4n) is 1.04. The van der Waals surface area contributed by atoms with Crippen LogP contribution in [0.15, 0.2) is 29.2 Å². The Morgan fingerprint density at radius 1 is 1.46 bits per heavy atom. The molecule has 0 saturated heterocycles. The smallest absolute Gasteiger partial charge is 0.288 e. The zero-order chi connectivity index (χ0) is 9.68. The summed E-state index contributed by atoms with van der Waals surface area (Å²) in [7, 11) is 1.83. The second kappa shape index (κ2) is 5.19. The van der Waals surface area contributed by atoms with E-state index < -0.39 is 5.76 Å². The van der Waals surface area contributed by atoms with E-state index in [2.05, 4.69) is 5.32 Å². The minimum absolute atomic E-state index is 0.577. The standard InChI is InChI=1S/C9H11F2NS/c1-12-6-7-3-2-4-8(5-7)13-9(10)11/h2-5,9,12H,6H2,1H3. The number of thioether (sulfide) groups is 1. The van der Waals surface area contributed by atoms with Crippen LogP contribution in [0.5, 0.6) is 0 Å². The molecule has 4 heteroatoms. The monoisotopic (exact) mass is 203 g/mol. The van der Waals surface area contributed by atoms with Crippen LogP contribution in [0.1, 0.15) is 5.56 Å². The van der Waals surface area contributed by atoms with Gasteiger partial charge in [0.25, 0.3) is 5.76 Å². The van der Waals surface area contributed by atoms with Crippen LogP contribution in [0.2, 0.25) is 0 Å². The molecule has 0 heterocycles. The maximum atomic E-state index is 12.0. The molecule has 0 atom stereocenters. The Kier molecular flexibility index (Phi) is 4.18. The third-order valence-corrected chi connectivity index (χ3v) is 2.21. The third kappa shape index (κ3) is 3.74. The molecule has 0 saturated carbocycles. The maximum Gasteiger partial charge on any atom is 0.288 e. The minimum Gasteiger partial charge on any atom is -0.316 e. The SMILES string of the molecule is CNCc1cccc(SC(F)F)c1. The molecule has 1 aromatic carbocycles. The van der Waals surface area contributed by atoms with Crippen LogP contribution in [-0.2, 0) is 6.54 Å². The van der Waals surface area contributed by atoms with Gasteiger partial charge in [0, 0.05) is 11.4 Å². The molecular weight excluding hydrogens is 192 g/mol. The van der Waals surface area contributed by atoms with Crippen molar-refractivity contribution in [3.05, 3.63) is 29.8 Å². The van der Waals surface area contributed by atoms with Crippen molar-refractivity contribution in [2.24, 2.45) is 0 Å². The normalized spacial score (nSPS) is 10.8. The van der Waals surface area contributed by atoms with Crippen LogP contribution < -0.4 is 5.32 Å². The van der Waals surface area contributed by atoms with Gasteiger partial charge < -0.3 is 5.32 Å². The molecule has 0 aliphatic carbocycles. The van der Waals surface area contributed by atoms with Gasteiger partial charge in [-0.3, -0.25) is 0 Å². The molecular formula is C9H11F2NS. The van der Waals surface area contributed by atoms with Crippen molar-refractivity contribution >= 4 is 11.8 Å². The zero-order valence-electron chi connectivity index (χ0n) is 7.26. The molecule has 72 valence electrons. The molecule has 0 spiro atoms. The fourth-order valence-corrected chi connectivity index (χ4v) is 1.62. The molecule has 0 aliphatic heterocycles. The zero-order valence-corrected chi connectivity index (χ0v) is 8.07. The van der Waals surface area contributed by atoms with Gasteiger partial charge in [-0.25, -0.2) is 0 Å². The molecule has 13 heavy (non-hydrogen) atoms. The molecule has 0 aliphatic rings. The van der Waals surface area contributed by atoms with E-state index in [1.54, 1.807) is 18.2 Å². The molecule has 1 rings (SSSR count). The Bertz CT molecular complexity index is 266. The fraction of sp³-hybridized carbons (Fsp3) is 0.333. The molecule has 0 aromatic heterocycles. The highest BCUT2D eigenvalue weighted by Gasteiger charge is 2.04. The van der Waals surface area contributed by atoms with E-state index in [-0.39, 0.29) is 0 Å². The molecule has 0 amide bonds. The first-order valence-electron chi connectivity index (χ1n) is 3.90.